The van der Waals surface area contributed by atoms with Crippen LogP contribution in [0.25, 0.3) is 0 Å². The van der Waals surface area contributed by atoms with E-state index in [1.807, 2.05) is 38.1 Å². The zero-order valence-electron chi connectivity index (χ0n) is 15.4. The number of anilines is 2. The molecule has 0 unspecified atom stereocenters. The lowest BCUT2D eigenvalue weighted by molar-refractivity contribution is -0.123. The first-order chi connectivity index (χ1) is 11.8. The summed E-state index contributed by atoms with van der Waals surface area (Å²) in [4.78, 5) is 14.0. The molecule has 0 aliphatic carbocycles. The maximum atomic E-state index is 12.1. The summed E-state index contributed by atoms with van der Waals surface area (Å²) in [6.45, 7) is 6.23. The van der Waals surface area contributed by atoms with Crippen LogP contribution in [-0.4, -0.2) is 46.8 Å². The Morgan fingerprint density at radius 3 is 2.28 bits per heavy atom. The van der Waals surface area contributed by atoms with Gasteiger partial charge in [-0.3, -0.25) is 9.10 Å². The third-order valence-electron chi connectivity index (χ3n) is 4.40. The van der Waals surface area contributed by atoms with E-state index in [1.165, 1.54) is 29.8 Å². The average Bonchev–Trinajstić information content (AvgIpc) is 2.58. The summed E-state index contributed by atoms with van der Waals surface area (Å²) in [6.07, 6.45) is 4.87. The predicted octanol–water partition coefficient (Wildman–Crippen LogP) is 2.22. The molecule has 0 bridgehead atoms. The lowest BCUT2D eigenvalue weighted by atomic mass is 10.1. The Kier molecular flexibility index (Phi) is 6.70. The Morgan fingerprint density at radius 1 is 1.16 bits per heavy atom. The fourth-order valence-electron chi connectivity index (χ4n) is 2.95. The second-order valence-electron chi connectivity index (χ2n) is 6.84. The lowest BCUT2D eigenvalue weighted by Crippen LogP contribution is -2.39. The highest BCUT2D eigenvalue weighted by molar-refractivity contribution is 7.92. The average molecular weight is 368 g/mol. The van der Waals surface area contributed by atoms with Crippen molar-refractivity contribution in [2.24, 2.45) is 5.92 Å². The molecule has 1 N–H and O–H groups in total. The number of hydrogen-bond donors (Lipinski definition) is 1. The van der Waals surface area contributed by atoms with Gasteiger partial charge in [-0.1, -0.05) is 13.8 Å². The molecule has 0 spiro atoms. The number of nitrogens with one attached hydrogen (secondary N) is 1. The smallest absolute Gasteiger partial charge is 0.232 e. The van der Waals surface area contributed by atoms with Crippen LogP contribution in [0.4, 0.5) is 11.4 Å². The second-order valence-corrected chi connectivity index (χ2v) is 8.75. The van der Waals surface area contributed by atoms with Crippen molar-refractivity contribution < 1.29 is 13.2 Å². The van der Waals surface area contributed by atoms with E-state index >= 15 is 0 Å². The van der Waals surface area contributed by atoms with Crippen molar-refractivity contribution in [3.8, 4) is 0 Å². The minimum absolute atomic E-state index is 0.0751. The van der Waals surface area contributed by atoms with Crippen LogP contribution in [0.15, 0.2) is 24.3 Å². The SMILES string of the molecule is CC(C)C(=O)NCCN(c1ccc(N2CCCCC2)cc1)S(C)(=O)=O. The zero-order chi connectivity index (χ0) is 18.4. The van der Waals surface area contributed by atoms with Crippen LogP contribution in [-0.2, 0) is 14.8 Å². The number of nitrogens with zero attached hydrogens (tertiary/aromatic N) is 2. The Labute approximate surface area is 151 Å². The van der Waals surface area contributed by atoms with E-state index in [-0.39, 0.29) is 24.9 Å². The molecule has 25 heavy (non-hydrogen) atoms. The van der Waals surface area contributed by atoms with E-state index in [4.69, 9.17) is 0 Å². The molecule has 0 radical (unpaired) electrons. The van der Waals surface area contributed by atoms with Gasteiger partial charge in [-0.2, -0.15) is 0 Å². The van der Waals surface area contributed by atoms with Gasteiger partial charge in [0.15, 0.2) is 0 Å². The van der Waals surface area contributed by atoms with Crippen LogP contribution in [0.3, 0.4) is 0 Å². The van der Waals surface area contributed by atoms with Gasteiger partial charge in [0.25, 0.3) is 0 Å². The summed E-state index contributed by atoms with van der Waals surface area (Å²) in [5.74, 6) is -0.190. The zero-order valence-corrected chi connectivity index (χ0v) is 16.2. The molecular weight excluding hydrogens is 338 g/mol. The molecule has 1 fully saturated rings. The highest BCUT2D eigenvalue weighted by atomic mass is 32.2. The number of amides is 1. The quantitative estimate of drug-likeness (QED) is 0.802. The Bertz CT molecular complexity index is 665. The van der Waals surface area contributed by atoms with E-state index in [0.29, 0.717) is 5.69 Å². The predicted molar refractivity (Wildman–Crippen MR) is 103 cm³/mol. The van der Waals surface area contributed by atoms with Crippen LogP contribution in [0.2, 0.25) is 0 Å². The minimum atomic E-state index is -3.41. The first-order valence-corrected chi connectivity index (χ1v) is 10.7. The summed E-state index contributed by atoms with van der Waals surface area (Å²) in [5, 5.41) is 2.76. The fraction of sp³-hybridized carbons (Fsp3) is 0.611. The van der Waals surface area contributed by atoms with E-state index in [1.54, 1.807) is 0 Å². The largest absolute Gasteiger partial charge is 0.372 e. The number of sulfonamides is 1. The highest BCUT2D eigenvalue weighted by Gasteiger charge is 2.18. The second kappa shape index (κ2) is 8.56. The molecule has 0 aromatic heterocycles. The number of carbonyl (C=O) groups is 1. The van der Waals surface area contributed by atoms with Crippen LogP contribution < -0.4 is 14.5 Å². The lowest BCUT2D eigenvalue weighted by Gasteiger charge is -2.29. The summed E-state index contributed by atoms with van der Waals surface area (Å²) >= 11 is 0. The van der Waals surface area contributed by atoms with Crippen molar-refractivity contribution in [1.29, 1.82) is 0 Å². The number of hydrogen-bond acceptors (Lipinski definition) is 4. The molecule has 1 aliphatic rings. The maximum absolute atomic E-state index is 12.1. The Morgan fingerprint density at radius 2 is 1.76 bits per heavy atom. The Balaban J connectivity index is 2.06. The molecule has 7 heteroatoms. The van der Waals surface area contributed by atoms with E-state index in [2.05, 4.69) is 10.2 Å². The maximum Gasteiger partial charge on any atom is 0.232 e. The van der Waals surface area contributed by atoms with Crippen molar-refractivity contribution in [3.63, 3.8) is 0 Å². The van der Waals surface area contributed by atoms with Crippen molar-refractivity contribution in [2.45, 2.75) is 33.1 Å². The molecule has 6 nitrogen and oxygen atoms in total. The van der Waals surface area contributed by atoms with E-state index < -0.39 is 10.0 Å². The molecule has 140 valence electrons. The highest BCUT2D eigenvalue weighted by Crippen LogP contribution is 2.24. The molecular formula is C18H29N3O3S. The van der Waals surface area contributed by atoms with Gasteiger partial charge in [-0.25, -0.2) is 8.42 Å². The fourth-order valence-corrected chi connectivity index (χ4v) is 3.88. The molecule has 1 aromatic rings. The molecule has 1 aliphatic heterocycles. The molecule has 1 saturated heterocycles. The van der Waals surface area contributed by atoms with Crippen LogP contribution >= 0.6 is 0 Å². The van der Waals surface area contributed by atoms with Gasteiger partial charge in [0.2, 0.25) is 15.9 Å². The first kappa shape index (κ1) is 19.6. The van der Waals surface area contributed by atoms with Crippen LogP contribution in [0, 0.1) is 5.92 Å². The standard InChI is InChI=1S/C18H29N3O3S/c1-15(2)18(22)19-11-14-21(25(3,23)24)17-9-7-16(8-10-17)20-12-5-4-6-13-20/h7-10,15H,4-6,11-14H2,1-3H3,(H,19,22). The van der Waals surface area contributed by atoms with Gasteiger partial charge in [-0.15, -0.1) is 0 Å². The Hall–Kier alpha value is -1.76. The minimum Gasteiger partial charge on any atom is -0.372 e. The topological polar surface area (TPSA) is 69.7 Å². The van der Waals surface area contributed by atoms with Gasteiger partial charge < -0.3 is 10.2 Å². The summed E-state index contributed by atoms with van der Waals surface area (Å²) in [7, 11) is -3.41. The summed E-state index contributed by atoms with van der Waals surface area (Å²) in [6, 6.07) is 7.64. The van der Waals surface area contributed by atoms with Crippen LogP contribution in [0.1, 0.15) is 33.1 Å². The molecule has 0 atom stereocenters. The molecule has 2 rings (SSSR count). The number of carbonyl (C=O) groups excluding carboxylic acids is 1. The van der Waals surface area contributed by atoms with Crippen LogP contribution in [0.5, 0.6) is 0 Å². The summed E-state index contributed by atoms with van der Waals surface area (Å²) < 4.78 is 25.6. The van der Waals surface area contributed by atoms with Gasteiger partial charge in [0.05, 0.1) is 18.5 Å². The molecule has 1 heterocycles. The van der Waals surface area contributed by atoms with Gasteiger partial charge in [0, 0.05) is 31.2 Å². The number of piperidine rings is 1. The van der Waals surface area contributed by atoms with Crippen molar-refractivity contribution >= 4 is 27.3 Å². The normalized spacial score (nSPS) is 15.3. The van der Waals surface area contributed by atoms with Gasteiger partial charge in [-0.05, 0) is 43.5 Å². The molecule has 1 aromatic carbocycles. The first-order valence-electron chi connectivity index (χ1n) is 8.89. The van der Waals surface area contributed by atoms with Crippen molar-refractivity contribution in [3.05, 3.63) is 24.3 Å². The number of benzene rings is 1. The molecule has 1 amide bonds. The monoisotopic (exact) mass is 367 g/mol. The van der Waals surface area contributed by atoms with Crippen molar-refractivity contribution in [2.75, 3.05) is 41.6 Å². The third kappa shape index (κ3) is 5.63. The van der Waals surface area contributed by atoms with Gasteiger partial charge >= 0.3 is 0 Å². The van der Waals surface area contributed by atoms with E-state index in [0.717, 1.165) is 18.8 Å². The van der Waals surface area contributed by atoms with Gasteiger partial charge in [0.1, 0.15) is 0 Å². The third-order valence-corrected chi connectivity index (χ3v) is 5.59. The van der Waals surface area contributed by atoms with Crippen molar-refractivity contribution in [1.82, 2.24) is 5.32 Å². The molecule has 0 saturated carbocycles. The van der Waals surface area contributed by atoms with E-state index in [9.17, 15) is 13.2 Å². The summed E-state index contributed by atoms with van der Waals surface area (Å²) in [5.41, 5.74) is 1.76. The number of rotatable bonds is 7.